The maximum absolute atomic E-state index is 14.9. The fraction of sp³-hybridized carbons (Fsp3) is 0.569. The van der Waals surface area contributed by atoms with Crippen LogP contribution in [0.3, 0.4) is 0 Å². The lowest BCUT2D eigenvalue weighted by Crippen LogP contribution is -2.46. The molecule has 0 spiro atoms. The summed E-state index contributed by atoms with van der Waals surface area (Å²) in [5.74, 6) is -2.55. The number of fused-ring (bicyclic) bond motifs is 5. The van der Waals surface area contributed by atoms with Gasteiger partial charge >= 0.3 is 0 Å². The van der Waals surface area contributed by atoms with Crippen molar-refractivity contribution < 1.29 is 38.2 Å². The van der Waals surface area contributed by atoms with Gasteiger partial charge in [-0.2, -0.15) is 5.26 Å². The SMILES string of the molecule is CCCCCOC1CCN(c2nc(C)c(C(=O)C[C@@H](CCN)C(=O)N(C)[C@@H]3C(=O)C[C@@H](C)C(=O)N[C@H](C(=O)CCC#N)Cc4ccc(OCCN)c(c4)-c4cc3ccc4OCCN)c(C)n2)CC1. The molecular weight excluding hydrogens is 867 g/mol. The van der Waals surface area contributed by atoms with Crippen LogP contribution in [-0.2, 0) is 30.3 Å². The van der Waals surface area contributed by atoms with Gasteiger partial charge < -0.3 is 46.5 Å². The predicted molar refractivity (Wildman–Crippen MR) is 259 cm³/mol. The first kappa shape index (κ1) is 53.2. The molecule has 68 heavy (non-hydrogen) atoms. The first-order valence-electron chi connectivity index (χ1n) is 24.1. The van der Waals surface area contributed by atoms with Gasteiger partial charge in [0.15, 0.2) is 17.3 Å². The molecule has 1 aromatic heterocycles. The molecule has 2 aliphatic heterocycles. The van der Waals surface area contributed by atoms with Gasteiger partial charge in [0.05, 0.1) is 35.2 Å². The van der Waals surface area contributed by atoms with Crippen molar-refractivity contribution in [2.24, 2.45) is 29.0 Å². The third-order valence-electron chi connectivity index (χ3n) is 12.7. The molecule has 3 aromatic rings. The first-order valence-corrected chi connectivity index (χ1v) is 24.1. The highest BCUT2D eigenvalue weighted by atomic mass is 16.5. The fourth-order valence-electron chi connectivity index (χ4n) is 9.04. The number of nitrogens with one attached hydrogen (secondary N) is 1. The van der Waals surface area contributed by atoms with E-state index in [1.165, 1.54) is 11.9 Å². The standard InChI is InChI=1S/C51H71N9O8/c1-6-7-8-24-66-38-16-22-60(23-17-38)51-56-33(3)47(34(4)57-51)43(62)31-37(15-19-53)50(65)59(5)48-36-12-14-46(68-26-21-55)40(30-36)39-28-35(11-13-45(39)67-25-20-54)29-41(42(61)10-9-18-52)58-49(64)32(2)27-44(48)63/h11-14,28,30,32,37-38,41,48H,6-10,15-17,19-27,29,31,53-55H2,1-5H3,(H,58,64)/t32-,37-,41+,48+/m1/s1. The van der Waals surface area contributed by atoms with E-state index in [1.54, 1.807) is 51.1 Å². The summed E-state index contributed by atoms with van der Waals surface area (Å²) in [6.45, 7) is 10.4. The van der Waals surface area contributed by atoms with E-state index in [-0.39, 0.29) is 89.0 Å². The largest absolute Gasteiger partial charge is 0.492 e. The molecule has 2 aliphatic rings. The highest BCUT2D eigenvalue weighted by molar-refractivity contribution is 6.01. The molecule has 7 N–H and O–H groups in total. The van der Waals surface area contributed by atoms with E-state index in [2.05, 4.69) is 17.1 Å². The van der Waals surface area contributed by atoms with Gasteiger partial charge in [0.2, 0.25) is 17.8 Å². The van der Waals surface area contributed by atoms with E-state index in [4.69, 9.17) is 41.4 Å². The predicted octanol–water partition coefficient (Wildman–Crippen LogP) is 4.86. The number of ether oxygens (including phenoxy) is 3. The molecule has 5 rings (SSSR count). The van der Waals surface area contributed by atoms with Crippen molar-refractivity contribution >= 4 is 35.1 Å². The van der Waals surface area contributed by atoms with Crippen LogP contribution in [0.25, 0.3) is 11.1 Å². The van der Waals surface area contributed by atoms with E-state index >= 15 is 0 Å². The Morgan fingerprint density at radius 3 is 2.18 bits per heavy atom. The van der Waals surface area contributed by atoms with Gasteiger partial charge in [-0.25, -0.2) is 9.97 Å². The minimum absolute atomic E-state index is 0.0297. The summed E-state index contributed by atoms with van der Waals surface area (Å²) in [5.41, 5.74) is 21.4. The van der Waals surface area contributed by atoms with Crippen LogP contribution >= 0.6 is 0 Å². The zero-order valence-electron chi connectivity index (χ0n) is 40.5. The number of hydrogen-bond donors (Lipinski definition) is 4. The third kappa shape index (κ3) is 13.9. The number of unbranched alkanes of at least 4 members (excludes halogenated alkanes) is 2. The molecule has 17 nitrogen and oxygen atoms in total. The second-order valence-corrected chi connectivity index (χ2v) is 17.9. The molecular formula is C51H71N9O8. The molecule has 0 saturated carbocycles. The first-order chi connectivity index (χ1) is 32.7. The third-order valence-corrected chi connectivity index (χ3v) is 12.7. The summed E-state index contributed by atoms with van der Waals surface area (Å²) in [4.78, 5) is 84.3. The Balaban J connectivity index is 1.50. The lowest BCUT2D eigenvalue weighted by atomic mass is 9.88. The minimum Gasteiger partial charge on any atom is -0.492 e. The van der Waals surface area contributed by atoms with Gasteiger partial charge in [-0.05, 0) is 87.9 Å². The minimum atomic E-state index is -1.24. The zero-order chi connectivity index (χ0) is 49.3. The van der Waals surface area contributed by atoms with E-state index in [0.29, 0.717) is 56.7 Å². The highest BCUT2D eigenvalue weighted by Gasteiger charge is 2.37. The van der Waals surface area contributed by atoms with Gasteiger partial charge in [0.25, 0.3) is 0 Å². The fourth-order valence-corrected chi connectivity index (χ4v) is 9.04. The molecule has 17 heteroatoms. The number of carbonyl (C=O) groups excluding carboxylic acids is 5. The number of aryl methyl sites for hydroxylation is 2. The average Bonchev–Trinajstić information content (AvgIpc) is 3.32. The number of piperidine rings is 1. The monoisotopic (exact) mass is 938 g/mol. The molecule has 4 atom stereocenters. The number of nitriles is 1. The Hall–Kier alpha value is -5.80. The number of likely N-dealkylation sites (N-methyl/N-ethyl adjacent to an activating group) is 1. The summed E-state index contributed by atoms with van der Waals surface area (Å²) in [6.07, 6.45) is 4.90. The number of aromatic nitrogens is 2. The van der Waals surface area contributed by atoms with Crippen molar-refractivity contribution in [2.45, 2.75) is 117 Å². The van der Waals surface area contributed by atoms with Gasteiger partial charge in [0, 0.05) is 88.5 Å². The summed E-state index contributed by atoms with van der Waals surface area (Å²) >= 11 is 0. The summed E-state index contributed by atoms with van der Waals surface area (Å²) < 4.78 is 18.4. The Bertz CT molecular complexity index is 2250. The molecule has 0 unspecified atom stereocenters. The van der Waals surface area contributed by atoms with Crippen LogP contribution in [0.2, 0.25) is 0 Å². The Morgan fingerprint density at radius 1 is 0.912 bits per heavy atom. The number of ketones is 3. The number of benzene rings is 2. The summed E-state index contributed by atoms with van der Waals surface area (Å²) in [6, 6.07) is 10.3. The Labute approximate surface area is 400 Å². The van der Waals surface area contributed by atoms with Crippen LogP contribution in [0, 0.1) is 37.0 Å². The van der Waals surface area contributed by atoms with E-state index in [0.717, 1.165) is 51.8 Å². The van der Waals surface area contributed by atoms with E-state index < -0.39 is 41.5 Å². The smallest absolute Gasteiger partial charge is 0.226 e. The maximum Gasteiger partial charge on any atom is 0.226 e. The normalized spacial score (nSPS) is 18.2. The van der Waals surface area contributed by atoms with Gasteiger partial charge in [-0.1, -0.05) is 38.8 Å². The van der Waals surface area contributed by atoms with Crippen LogP contribution < -0.4 is 36.9 Å². The van der Waals surface area contributed by atoms with Crippen LogP contribution in [0.1, 0.15) is 117 Å². The van der Waals surface area contributed by atoms with Crippen molar-refractivity contribution in [2.75, 3.05) is 64.5 Å². The lowest BCUT2D eigenvalue weighted by Gasteiger charge is -2.33. The van der Waals surface area contributed by atoms with Crippen molar-refractivity contribution in [1.82, 2.24) is 20.2 Å². The van der Waals surface area contributed by atoms with Crippen molar-refractivity contribution in [1.29, 1.82) is 5.26 Å². The molecule has 1 saturated heterocycles. The molecule has 2 aromatic carbocycles. The van der Waals surface area contributed by atoms with Crippen LogP contribution in [0.4, 0.5) is 5.95 Å². The number of nitrogens with two attached hydrogens (primary N) is 3. The molecule has 2 amide bonds. The number of rotatable bonds is 22. The second-order valence-electron chi connectivity index (χ2n) is 17.9. The lowest BCUT2D eigenvalue weighted by molar-refractivity contribution is -0.142. The number of nitrogens with zero attached hydrogens (tertiary/aromatic N) is 5. The highest BCUT2D eigenvalue weighted by Crippen LogP contribution is 2.41. The molecule has 368 valence electrons. The average molecular weight is 938 g/mol. The van der Waals surface area contributed by atoms with Gasteiger partial charge in [-0.15, -0.1) is 0 Å². The van der Waals surface area contributed by atoms with Crippen LogP contribution in [0.5, 0.6) is 11.5 Å². The molecule has 3 heterocycles. The van der Waals surface area contributed by atoms with Gasteiger partial charge in [-0.3, -0.25) is 24.0 Å². The second kappa shape index (κ2) is 26.1. The van der Waals surface area contributed by atoms with Crippen molar-refractivity contribution in [3.8, 4) is 28.7 Å². The quantitative estimate of drug-likeness (QED) is 0.0775. The van der Waals surface area contributed by atoms with Crippen LogP contribution in [0.15, 0.2) is 36.4 Å². The number of Topliss-reactive ketones (excluding diaryl/α,β-unsaturated/α-hetero) is 3. The number of anilines is 1. The number of hydrogen-bond acceptors (Lipinski definition) is 15. The van der Waals surface area contributed by atoms with Gasteiger partial charge in [0.1, 0.15) is 30.8 Å². The van der Waals surface area contributed by atoms with E-state index in [1.807, 2.05) is 12.1 Å². The number of amides is 2. The van der Waals surface area contributed by atoms with Crippen LogP contribution in [-0.4, -0.2) is 116 Å². The molecule has 1 fully saturated rings. The van der Waals surface area contributed by atoms with Crippen molar-refractivity contribution in [3.63, 3.8) is 0 Å². The maximum atomic E-state index is 14.9. The van der Waals surface area contributed by atoms with Crippen molar-refractivity contribution in [3.05, 3.63) is 64.5 Å². The zero-order valence-corrected chi connectivity index (χ0v) is 40.5. The molecule has 0 aliphatic carbocycles. The Kier molecular flexibility index (Phi) is 20.4. The number of carbonyl (C=O) groups is 5. The summed E-state index contributed by atoms with van der Waals surface area (Å²) in [7, 11) is 1.51. The molecule has 0 radical (unpaired) electrons. The Morgan fingerprint density at radius 2 is 1.56 bits per heavy atom. The topological polar surface area (TPSA) is 259 Å². The summed E-state index contributed by atoms with van der Waals surface area (Å²) in [5, 5.41) is 12.1. The molecule has 4 bridgehead atoms. The van der Waals surface area contributed by atoms with E-state index in [9.17, 15) is 29.2 Å².